The highest BCUT2D eigenvalue weighted by molar-refractivity contribution is 6.29. The van der Waals surface area contributed by atoms with Crippen LogP contribution >= 0.6 is 11.6 Å². The summed E-state index contributed by atoms with van der Waals surface area (Å²) in [5.41, 5.74) is 6.91. The number of ether oxygens (including phenoxy) is 2. The van der Waals surface area contributed by atoms with Crippen LogP contribution in [0.1, 0.15) is 5.56 Å². The summed E-state index contributed by atoms with van der Waals surface area (Å²) in [5.74, 6) is -0.0249. The summed E-state index contributed by atoms with van der Waals surface area (Å²) in [4.78, 5) is 14.7. The minimum Gasteiger partial charge on any atom is -0.496 e. The Balaban J connectivity index is 2.61. The van der Waals surface area contributed by atoms with Gasteiger partial charge < -0.3 is 15.2 Å². The number of esters is 1. The van der Waals surface area contributed by atoms with E-state index in [4.69, 9.17) is 26.8 Å². The van der Waals surface area contributed by atoms with E-state index in [9.17, 15) is 4.79 Å². The summed E-state index contributed by atoms with van der Waals surface area (Å²) < 4.78 is 10.1. The van der Waals surface area contributed by atoms with Crippen LogP contribution in [0, 0.1) is 0 Å². The fraction of sp³-hybridized carbons (Fsp3) is 0.286. The number of aliphatic imine (C=N–C) groups is 1. The van der Waals surface area contributed by atoms with Crippen LogP contribution in [0.2, 0.25) is 0 Å². The highest BCUT2D eigenvalue weighted by Gasteiger charge is 2.48. The van der Waals surface area contributed by atoms with E-state index in [0.717, 1.165) is 0 Å². The number of carbonyl (C=O) groups is 1. The second-order valence-electron chi connectivity index (χ2n) is 4.26. The minimum absolute atomic E-state index is 0.314. The predicted molar refractivity (Wildman–Crippen MR) is 77.1 cm³/mol. The normalized spacial score (nSPS) is 24.9. The summed E-state index contributed by atoms with van der Waals surface area (Å²) >= 11 is 6.69. The first-order valence-corrected chi connectivity index (χ1v) is 6.33. The first-order chi connectivity index (χ1) is 9.55. The summed E-state index contributed by atoms with van der Waals surface area (Å²) in [6, 6.07) is 6.14. The maximum Gasteiger partial charge on any atom is 0.333 e. The fourth-order valence-corrected chi connectivity index (χ4v) is 2.54. The molecule has 1 aliphatic heterocycles. The lowest BCUT2D eigenvalue weighted by Crippen LogP contribution is -2.45. The van der Waals surface area contributed by atoms with Crippen LogP contribution < -0.4 is 10.5 Å². The Morgan fingerprint density at radius 3 is 2.75 bits per heavy atom. The SMILES string of the molecule is COC(=O)C1N=CC=C(N)C1(Cl)c1ccccc1OC. The van der Waals surface area contributed by atoms with Gasteiger partial charge in [-0.2, -0.15) is 0 Å². The molecular weight excluding hydrogens is 280 g/mol. The standard InChI is InChI=1S/C14H15ClN2O3/c1-19-10-6-4-3-5-9(10)14(15)11(16)7-8-17-12(14)13(18)20-2/h3-8,12H,16H2,1-2H3. The maximum absolute atomic E-state index is 12.0. The molecule has 1 heterocycles. The van der Waals surface area contributed by atoms with Gasteiger partial charge in [-0.25, -0.2) is 4.79 Å². The van der Waals surface area contributed by atoms with Gasteiger partial charge in [-0.3, -0.25) is 4.99 Å². The van der Waals surface area contributed by atoms with Gasteiger partial charge in [0.2, 0.25) is 0 Å². The molecule has 0 fully saturated rings. The quantitative estimate of drug-likeness (QED) is 0.679. The molecule has 0 aliphatic carbocycles. The molecule has 1 aromatic carbocycles. The van der Waals surface area contributed by atoms with Gasteiger partial charge in [0.15, 0.2) is 6.04 Å². The molecule has 2 rings (SSSR count). The third-order valence-corrected chi connectivity index (χ3v) is 3.84. The van der Waals surface area contributed by atoms with Gasteiger partial charge in [0, 0.05) is 17.5 Å². The van der Waals surface area contributed by atoms with Crippen LogP contribution in [0.15, 0.2) is 41.0 Å². The number of nitrogens with two attached hydrogens (primary N) is 1. The molecular formula is C14H15ClN2O3. The molecule has 106 valence electrons. The van der Waals surface area contributed by atoms with E-state index >= 15 is 0 Å². The molecule has 0 amide bonds. The number of allylic oxidation sites excluding steroid dienone is 1. The zero-order valence-electron chi connectivity index (χ0n) is 11.2. The van der Waals surface area contributed by atoms with Crippen molar-refractivity contribution < 1.29 is 14.3 Å². The number of benzene rings is 1. The van der Waals surface area contributed by atoms with Gasteiger partial charge in [0.1, 0.15) is 10.6 Å². The van der Waals surface area contributed by atoms with Crippen molar-refractivity contribution in [1.29, 1.82) is 0 Å². The monoisotopic (exact) mass is 294 g/mol. The van der Waals surface area contributed by atoms with Crippen LogP contribution in [0.3, 0.4) is 0 Å². The van der Waals surface area contributed by atoms with Crippen molar-refractivity contribution in [1.82, 2.24) is 0 Å². The zero-order chi connectivity index (χ0) is 14.8. The van der Waals surface area contributed by atoms with Crippen LogP contribution in [-0.4, -0.2) is 32.4 Å². The van der Waals surface area contributed by atoms with Crippen molar-refractivity contribution in [2.24, 2.45) is 10.7 Å². The second kappa shape index (κ2) is 5.54. The van der Waals surface area contributed by atoms with E-state index in [1.807, 2.05) is 6.07 Å². The van der Waals surface area contributed by atoms with Gasteiger partial charge in [-0.05, 0) is 12.1 Å². The third kappa shape index (κ3) is 2.14. The van der Waals surface area contributed by atoms with E-state index in [1.54, 1.807) is 24.3 Å². The van der Waals surface area contributed by atoms with Crippen molar-refractivity contribution in [3.63, 3.8) is 0 Å². The van der Waals surface area contributed by atoms with Crippen LogP contribution in [0.25, 0.3) is 0 Å². The molecule has 0 aromatic heterocycles. The summed E-state index contributed by atoms with van der Waals surface area (Å²) in [5, 5.41) is 0. The Hall–Kier alpha value is -2.01. The van der Waals surface area contributed by atoms with Crippen LogP contribution in [0.5, 0.6) is 5.75 Å². The fourth-order valence-electron chi connectivity index (χ4n) is 2.17. The summed E-state index contributed by atoms with van der Waals surface area (Å²) in [7, 11) is 2.81. The van der Waals surface area contributed by atoms with E-state index in [0.29, 0.717) is 17.0 Å². The highest BCUT2D eigenvalue weighted by Crippen LogP contribution is 2.45. The van der Waals surface area contributed by atoms with Gasteiger partial charge in [0.05, 0.1) is 14.2 Å². The van der Waals surface area contributed by atoms with Gasteiger partial charge in [0.25, 0.3) is 0 Å². The second-order valence-corrected chi connectivity index (χ2v) is 4.85. The Labute approximate surface area is 122 Å². The molecule has 6 heteroatoms. The van der Waals surface area contributed by atoms with E-state index in [2.05, 4.69) is 4.99 Å². The number of alkyl halides is 1. The smallest absolute Gasteiger partial charge is 0.333 e. The van der Waals surface area contributed by atoms with Crippen molar-refractivity contribution in [3.8, 4) is 5.75 Å². The molecule has 20 heavy (non-hydrogen) atoms. The molecule has 2 unspecified atom stereocenters. The number of hydrogen-bond acceptors (Lipinski definition) is 5. The summed E-state index contributed by atoms with van der Waals surface area (Å²) in [6.45, 7) is 0. The number of carbonyl (C=O) groups excluding carboxylic acids is 1. The molecule has 1 aliphatic rings. The van der Waals surface area contributed by atoms with Crippen LogP contribution in [-0.2, 0) is 14.4 Å². The number of para-hydroxylation sites is 1. The molecule has 0 saturated heterocycles. The number of halogens is 1. The lowest BCUT2D eigenvalue weighted by molar-refractivity contribution is -0.142. The molecule has 2 N–H and O–H groups in total. The number of nitrogens with zero attached hydrogens (tertiary/aromatic N) is 1. The van der Waals surface area contributed by atoms with Gasteiger partial charge in [-0.15, -0.1) is 11.6 Å². The summed E-state index contributed by atoms with van der Waals surface area (Å²) in [6.07, 6.45) is 3.02. The molecule has 2 atom stereocenters. The molecule has 0 saturated carbocycles. The predicted octanol–water partition coefficient (Wildman–Crippen LogP) is 1.60. The van der Waals surface area contributed by atoms with Crippen molar-refractivity contribution in [2.75, 3.05) is 14.2 Å². The number of hydrogen-bond donors (Lipinski definition) is 1. The van der Waals surface area contributed by atoms with Gasteiger partial charge in [-0.1, -0.05) is 18.2 Å². The molecule has 1 aromatic rings. The topological polar surface area (TPSA) is 73.9 Å². The molecule has 5 nitrogen and oxygen atoms in total. The maximum atomic E-state index is 12.0. The first kappa shape index (κ1) is 14.4. The third-order valence-electron chi connectivity index (χ3n) is 3.21. The highest BCUT2D eigenvalue weighted by atomic mass is 35.5. The lowest BCUT2D eigenvalue weighted by atomic mass is 9.85. The number of rotatable bonds is 3. The van der Waals surface area contributed by atoms with E-state index in [-0.39, 0.29) is 0 Å². The molecule has 0 bridgehead atoms. The Bertz CT molecular complexity index is 586. The Kier molecular flexibility index (Phi) is 3.99. The Morgan fingerprint density at radius 1 is 1.40 bits per heavy atom. The lowest BCUT2D eigenvalue weighted by Gasteiger charge is -2.34. The van der Waals surface area contributed by atoms with Crippen molar-refractivity contribution >= 4 is 23.8 Å². The molecule has 0 radical (unpaired) electrons. The minimum atomic E-state index is -1.32. The number of methoxy groups -OCH3 is 2. The van der Waals surface area contributed by atoms with E-state index < -0.39 is 16.9 Å². The van der Waals surface area contributed by atoms with Gasteiger partial charge >= 0.3 is 5.97 Å². The Morgan fingerprint density at radius 2 is 2.10 bits per heavy atom. The van der Waals surface area contributed by atoms with Crippen LogP contribution in [0.4, 0.5) is 0 Å². The zero-order valence-corrected chi connectivity index (χ0v) is 11.9. The van der Waals surface area contributed by atoms with Crippen molar-refractivity contribution in [3.05, 3.63) is 41.6 Å². The van der Waals surface area contributed by atoms with E-state index in [1.165, 1.54) is 20.4 Å². The largest absolute Gasteiger partial charge is 0.496 e. The van der Waals surface area contributed by atoms with Crippen molar-refractivity contribution in [2.45, 2.75) is 10.9 Å². The molecule has 0 spiro atoms. The average molecular weight is 295 g/mol. The average Bonchev–Trinajstić information content (AvgIpc) is 2.49. The first-order valence-electron chi connectivity index (χ1n) is 5.95. The number of dihydropyridines is 1.